The van der Waals surface area contributed by atoms with Crippen molar-refractivity contribution in [1.29, 1.82) is 0 Å². The summed E-state index contributed by atoms with van der Waals surface area (Å²) >= 11 is 5.19. The average Bonchev–Trinajstić information content (AvgIpc) is 1.84. The third-order valence-electron chi connectivity index (χ3n) is 0.676. The minimum absolute atomic E-state index is 0.0718. The molecule has 0 saturated heterocycles. The van der Waals surface area contributed by atoms with E-state index in [1.807, 2.05) is 4.89 Å². The van der Waals surface area contributed by atoms with Gasteiger partial charge in [0.05, 0.1) is 12.4 Å². The zero-order chi connectivity index (χ0) is 8.04. The largest absolute Gasteiger partial charge is 0.287 e. The van der Waals surface area contributed by atoms with Gasteiger partial charge in [-0.05, 0) is 6.92 Å². The Hall–Kier alpha value is 0.160. The van der Waals surface area contributed by atoms with E-state index in [-0.39, 0.29) is 11.6 Å². The maximum absolute atomic E-state index is 10.7. The van der Waals surface area contributed by atoms with Crippen LogP contribution in [0.1, 0.15) is 6.92 Å². The summed E-state index contributed by atoms with van der Waals surface area (Å²) in [6.45, 7) is 1.99. The number of alkyl halides is 1. The van der Waals surface area contributed by atoms with Crippen molar-refractivity contribution in [3.05, 3.63) is 0 Å². The predicted octanol–water partition coefficient (Wildman–Crippen LogP) is 0.0961. The molecule has 0 radical (unpaired) electrons. The molecule has 0 aromatic carbocycles. The summed E-state index contributed by atoms with van der Waals surface area (Å²) in [6, 6.07) is 0. The minimum atomic E-state index is -3.30. The van der Waals surface area contributed by atoms with Crippen LogP contribution in [0.25, 0.3) is 0 Å². The first-order chi connectivity index (χ1) is 4.62. The molecule has 10 heavy (non-hydrogen) atoms. The van der Waals surface area contributed by atoms with Crippen LogP contribution in [-0.2, 0) is 14.9 Å². The molecule has 0 aromatic rings. The van der Waals surface area contributed by atoms with Gasteiger partial charge in [0.1, 0.15) is 0 Å². The first-order valence-electron chi connectivity index (χ1n) is 2.79. The second kappa shape index (κ2) is 4.90. The lowest BCUT2D eigenvalue weighted by Crippen LogP contribution is -2.27. The van der Waals surface area contributed by atoms with Crippen molar-refractivity contribution in [2.75, 3.05) is 18.2 Å². The van der Waals surface area contributed by atoms with E-state index in [1.165, 1.54) is 0 Å². The van der Waals surface area contributed by atoms with Crippen molar-refractivity contribution in [2.24, 2.45) is 0 Å². The molecule has 0 fully saturated rings. The maximum atomic E-state index is 10.7. The van der Waals surface area contributed by atoms with Gasteiger partial charge in [0.15, 0.2) is 0 Å². The summed E-state index contributed by atoms with van der Waals surface area (Å²) < 4.78 is 21.3. The molecule has 1 N–H and O–H groups in total. The molecule has 6 heteroatoms. The number of nitrogens with one attached hydrogen (secondary N) is 1. The van der Waals surface area contributed by atoms with Crippen molar-refractivity contribution in [2.45, 2.75) is 6.92 Å². The Morgan fingerprint density at radius 3 is 2.60 bits per heavy atom. The van der Waals surface area contributed by atoms with Gasteiger partial charge in [0, 0.05) is 5.88 Å². The topological polar surface area (TPSA) is 55.4 Å². The second-order valence-electron chi connectivity index (χ2n) is 1.52. The lowest BCUT2D eigenvalue weighted by Gasteiger charge is -2.01. The van der Waals surface area contributed by atoms with E-state index in [0.29, 0.717) is 6.61 Å². The number of sulfonamides is 1. The lowest BCUT2D eigenvalue weighted by molar-refractivity contribution is 0.105. The number of hydrogen-bond donors (Lipinski definition) is 1. The van der Waals surface area contributed by atoms with Crippen LogP contribution in [0, 0.1) is 0 Å². The minimum Gasteiger partial charge on any atom is -0.287 e. The Morgan fingerprint density at radius 1 is 1.60 bits per heavy atom. The fraction of sp³-hybridized carbons (Fsp3) is 1.00. The third-order valence-corrected chi connectivity index (χ3v) is 2.20. The summed E-state index contributed by atoms with van der Waals surface area (Å²) in [4.78, 5) is 6.35. The van der Waals surface area contributed by atoms with Crippen LogP contribution in [0.15, 0.2) is 0 Å². The van der Waals surface area contributed by atoms with Crippen molar-refractivity contribution in [3.8, 4) is 0 Å². The number of halogens is 1. The van der Waals surface area contributed by atoms with E-state index in [1.54, 1.807) is 6.92 Å². The highest BCUT2D eigenvalue weighted by Gasteiger charge is 2.06. The fourth-order valence-corrected chi connectivity index (χ4v) is 1.49. The highest BCUT2D eigenvalue weighted by molar-refractivity contribution is 7.89. The van der Waals surface area contributed by atoms with E-state index in [0.717, 1.165) is 0 Å². The molecule has 0 unspecified atom stereocenters. The molecule has 62 valence electrons. The molecular formula is C4H10ClNO3S. The summed E-state index contributed by atoms with van der Waals surface area (Å²) in [5.41, 5.74) is 0. The molecule has 0 bridgehead atoms. The highest BCUT2D eigenvalue weighted by Crippen LogP contribution is 1.86. The summed E-state index contributed by atoms with van der Waals surface area (Å²) in [5.74, 6) is -0.0447. The molecule has 0 heterocycles. The van der Waals surface area contributed by atoms with Gasteiger partial charge in [-0.25, -0.2) is 8.42 Å². The monoisotopic (exact) mass is 187 g/mol. The van der Waals surface area contributed by atoms with Gasteiger partial charge < -0.3 is 0 Å². The maximum Gasteiger partial charge on any atom is 0.234 e. The predicted molar refractivity (Wildman–Crippen MR) is 39.3 cm³/mol. The van der Waals surface area contributed by atoms with E-state index >= 15 is 0 Å². The fourth-order valence-electron chi connectivity index (χ4n) is 0.292. The van der Waals surface area contributed by atoms with Crippen molar-refractivity contribution < 1.29 is 13.3 Å². The Labute approximate surface area is 65.5 Å². The van der Waals surface area contributed by atoms with Crippen LogP contribution in [0.4, 0.5) is 0 Å². The zero-order valence-electron chi connectivity index (χ0n) is 5.63. The van der Waals surface area contributed by atoms with Gasteiger partial charge in [-0.15, -0.1) is 11.6 Å². The van der Waals surface area contributed by atoms with E-state index in [2.05, 4.69) is 4.84 Å². The lowest BCUT2D eigenvalue weighted by atomic mass is 10.9. The van der Waals surface area contributed by atoms with Crippen LogP contribution >= 0.6 is 11.6 Å². The first-order valence-corrected chi connectivity index (χ1v) is 4.98. The summed E-state index contributed by atoms with van der Waals surface area (Å²) in [5, 5.41) is 0. The van der Waals surface area contributed by atoms with E-state index in [9.17, 15) is 8.42 Å². The highest BCUT2D eigenvalue weighted by atomic mass is 35.5. The average molecular weight is 188 g/mol. The molecule has 0 aliphatic heterocycles. The van der Waals surface area contributed by atoms with Crippen molar-refractivity contribution >= 4 is 21.6 Å². The van der Waals surface area contributed by atoms with Crippen molar-refractivity contribution in [3.63, 3.8) is 0 Å². The van der Waals surface area contributed by atoms with E-state index in [4.69, 9.17) is 11.6 Å². The molecule has 0 amide bonds. The Bertz CT molecular complexity index is 167. The molecule has 0 rings (SSSR count). The second-order valence-corrected chi connectivity index (χ2v) is 3.71. The van der Waals surface area contributed by atoms with E-state index < -0.39 is 10.0 Å². The quantitative estimate of drug-likeness (QED) is 0.491. The summed E-state index contributed by atoms with van der Waals surface area (Å²) in [7, 11) is -3.30. The Balaban J connectivity index is 3.65. The molecule has 0 aliphatic carbocycles. The first kappa shape index (κ1) is 10.2. The molecular weight excluding hydrogens is 178 g/mol. The standard InChI is InChI=1S/C4H10ClNO3S/c1-2-9-6-10(7,8)4-3-5/h6H,2-4H2,1H3. The van der Waals surface area contributed by atoms with Gasteiger partial charge in [0.2, 0.25) is 10.0 Å². The Morgan fingerprint density at radius 2 is 2.20 bits per heavy atom. The SMILES string of the molecule is CCONS(=O)(=O)CCCl. The van der Waals surface area contributed by atoms with Crippen LogP contribution in [0.5, 0.6) is 0 Å². The molecule has 0 aromatic heterocycles. The molecule has 0 saturated carbocycles. The third kappa shape index (κ3) is 4.99. The van der Waals surface area contributed by atoms with Gasteiger partial charge in [-0.3, -0.25) is 4.84 Å². The van der Waals surface area contributed by atoms with Gasteiger partial charge >= 0.3 is 0 Å². The molecule has 4 nitrogen and oxygen atoms in total. The normalized spacial score (nSPS) is 11.8. The van der Waals surface area contributed by atoms with Crippen LogP contribution in [-0.4, -0.2) is 26.7 Å². The van der Waals surface area contributed by atoms with Crippen molar-refractivity contribution in [1.82, 2.24) is 4.89 Å². The van der Waals surface area contributed by atoms with Gasteiger partial charge in [-0.2, -0.15) is 0 Å². The number of hydrogen-bond acceptors (Lipinski definition) is 3. The zero-order valence-corrected chi connectivity index (χ0v) is 7.20. The molecule has 0 spiro atoms. The van der Waals surface area contributed by atoms with Crippen LogP contribution < -0.4 is 4.89 Å². The van der Waals surface area contributed by atoms with Crippen LogP contribution in [0.2, 0.25) is 0 Å². The number of rotatable bonds is 5. The Kier molecular flexibility index (Phi) is 4.98. The summed E-state index contributed by atoms with van der Waals surface area (Å²) in [6.07, 6.45) is 0. The smallest absolute Gasteiger partial charge is 0.234 e. The van der Waals surface area contributed by atoms with Gasteiger partial charge in [-0.1, -0.05) is 4.89 Å². The van der Waals surface area contributed by atoms with Crippen LogP contribution in [0.3, 0.4) is 0 Å². The van der Waals surface area contributed by atoms with Gasteiger partial charge in [0.25, 0.3) is 0 Å². The molecule has 0 aliphatic rings. The molecule has 0 atom stereocenters.